The van der Waals surface area contributed by atoms with Gasteiger partial charge in [0.15, 0.2) is 0 Å². The topological polar surface area (TPSA) is 50.3 Å². The molecule has 2 aliphatic rings. The van der Waals surface area contributed by atoms with Crippen molar-refractivity contribution in [3.8, 4) is 5.88 Å². The molecule has 5 heteroatoms. The molecule has 5 nitrogen and oxygen atoms in total. The first-order valence-electron chi connectivity index (χ1n) is 8.13. The van der Waals surface area contributed by atoms with Crippen LogP contribution in [0.4, 0.5) is 5.95 Å². The van der Waals surface area contributed by atoms with Crippen molar-refractivity contribution in [3.05, 3.63) is 11.8 Å². The van der Waals surface area contributed by atoms with Gasteiger partial charge < -0.3 is 15.0 Å². The zero-order chi connectivity index (χ0) is 14.8. The first-order valence-corrected chi connectivity index (χ1v) is 8.13. The quantitative estimate of drug-likeness (QED) is 0.923. The molecule has 0 amide bonds. The summed E-state index contributed by atoms with van der Waals surface area (Å²) in [6, 6.07) is 3.13. The number of nitrogens with zero attached hydrogens (tertiary/aromatic N) is 3. The van der Waals surface area contributed by atoms with Gasteiger partial charge in [0.1, 0.15) is 0 Å². The molecule has 0 radical (unpaired) electrons. The van der Waals surface area contributed by atoms with E-state index in [-0.39, 0.29) is 6.10 Å². The summed E-state index contributed by atoms with van der Waals surface area (Å²) in [6.07, 6.45) is 5.21. The van der Waals surface area contributed by atoms with Gasteiger partial charge in [-0.3, -0.25) is 0 Å². The van der Waals surface area contributed by atoms with E-state index in [0.717, 1.165) is 11.7 Å². The maximum absolute atomic E-state index is 5.69. The number of rotatable bonds is 4. The Balaban J connectivity index is 1.65. The van der Waals surface area contributed by atoms with E-state index >= 15 is 0 Å². The fourth-order valence-electron chi connectivity index (χ4n) is 3.44. The van der Waals surface area contributed by atoms with Gasteiger partial charge in [-0.25, -0.2) is 4.98 Å². The van der Waals surface area contributed by atoms with Gasteiger partial charge in [0.05, 0.1) is 6.10 Å². The fourth-order valence-corrected chi connectivity index (χ4v) is 3.44. The molecule has 0 aliphatic carbocycles. The first kappa shape index (κ1) is 14.6. The lowest BCUT2D eigenvalue weighted by Gasteiger charge is -2.35. The molecule has 1 aromatic rings. The molecule has 21 heavy (non-hydrogen) atoms. The molecular weight excluding hydrogens is 264 g/mol. The Hall–Kier alpha value is -1.36. The number of hydrogen-bond donors (Lipinski definition) is 1. The summed E-state index contributed by atoms with van der Waals surface area (Å²) in [5.74, 6) is 1.38. The summed E-state index contributed by atoms with van der Waals surface area (Å²) in [6.45, 7) is 8.49. The number of aromatic nitrogens is 2. The van der Waals surface area contributed by atoms with Crippen LogP contribution < -0.4 is 10.1 Å². The summed E-state index contributed by atoms with van der Waals surface area (Å²) in [5, 5.41) is 3.52. The van der Waals surface area contributed by atoms with Crippen molar-refractivity contribution < 1.29 is 4.74 Å². The van der Waals surface area contributed by atoms with E-state index in [0.29, 0.717) is 17.9 Å². The number of ether oxygens (including phenoxy) is 1. The maximum atomic E-state index is 5.69. The molecule has 1 N–H and O–H groups in total. The minimum atomic E-state index is 0.133. The fraction of sp³-hybridized carbons (Fsp3) is 0.750. The Morgan fingerprint density at radius 2 is 2.14 bits per heavy atom. The van der Waals surface area contributed by atoms with Crippen LogP contribution in [-0.2, 0) is 0 Å². The van der Waals surface area contributed by atoms with Gasteiger partial charge in [0, 0.05) is 30.4 Å². The second kappa shape index (κ2) is 6.18. The Morgan fingerprint density at radius 3 is 2.95 bits per heavy atom. The standard InChI is InChI=1S/C16H26N4O/c1-11(2)21-15-9-12(3)17-16(19-15)18-13-6-8-20-7-4-5-14(20)10-13/h9,11,13-14H,4-8,10H2,1-3H3,(H,17,18,19). The van der Waals surface area contributed by atoms with E-state index < -0.39 is 0 Å². The highest BCUT2D eigenvalue weighted by Crippen LogP contribution is 2.28. The molecule has 2 aliphatic heterocycles. The molecule has 3 heterocycles. The minimum Gasteiger partial charge on any atom is -0.475 e. The van der Waals surface area contributed by atoms with Crippen LogP contribution >= 0.6 is 0 Å². The average molecular weight is 290 g/mol. The number of nitrogens with one attached hydrogen (secondary N) is 1. The largest absolute Gasteiger partial charge is 0.475 e. The molecule has 2 saturated heterocycles. The molecule has 0 bridgehead atoms. The van der Waals surface area contributed by atoms with Gasteiger partial charge in [0.25, 0.3) is 0 Å². The number of fused-ring (bicyclic) bond motifs is 1. The van der Waals surface area contributed by atoms with Gasteiger partial charge in [-0.1, -0.05) is 0 Å². The molecule has 2 atom stereocenters. The smallest absolute Gasteiger partial charge is 0.226 e. The first-order chi connectivity index (χ1) is 10.1. The monoisotopic (exact) mass is 290 g/mol. The average Bonchev–Trinajstić information content (AvgIpc) is 2.84. The van der Waals surface area contributed by atoms with Crippen molar-refractivity contribution in [2.45, 2.75) is 64.6 Å². The number of aryl methyl sites for hydroxylation is 1. The van der Waals surface area contributed by atoms with Crippen molar-refractivity contribution in [1.29, 1.82) is 0 Å². The van der Waals surface area contributed by atoms with Crippen LogP contribution in [-0.4, -0.2) is 46.1 Å². The molecule has 2 unspecified atom stereocenters. The van der Waals surface area contributed by atoms with Crippen LogP contribution in [0.2, 0.25) is 0 Å². The predicted molar refractivity (Wildman–Crippen MR) is 83.8 cm³/mol. The van der Waals surface area contributed by atoms with E-state index in [1.165, 1.54) is 38.8 Å². The Bertz CT molecular complexity index is 491. The molecule has 0 aromatic carbocycles. The Morgan fingerprint density at radius 1 is 1.29 bits per heavy atom. The zero-order valence-corrected chi connectivity index (χ0v) is 13.3. The van der Waals surface area contributed by atoms with Crippen LogP contribution in [0.25, 0.3) is 0 Å². The Kier molecular flexibility index (Phi) is 4.29. The lowest BCUT2D eigenvalue weighted by atomic mass is 9.98. The lowest BCUT2D eigenvalue weighted by molar-refractivity contribution is 0.187. The molecule has 0 saturated carbocycles. The van der Waals surface area contributed by atoms with Gasteiger partial charge in [-0.05, 0) is 53.0 Å². The number of piperidine rings is 1. The summed E-state index contributed by atoms with van der Waals surface area (Å²) in [7, 11) is 0. The van der Waals surface area contributed by atoms with E-state index in [4.69, 9.17) is 4.74 Å². The summed E-state index contributed by atoms with van der Waals surface area (Å²) < 4.78 is 5.69. The third-order valence-electron chi connectivity index (χ3n) is 4.34. The second-order valence-electron chi connectivity index (χ2n) is 6.54. The zero-order valence-electron chi connectivity index (χ0n) is 13.3. The predicted octanol–water partition coefficient (Wildman–Crippen LogP) is 2.61. The van der Waals surface area contributed by atoms with Crippen LogP contribution in [0.5, 0.6) is 5.88 Å². The SMILES string of the molecule is Cc1cc(OC(C)C)nc(NC2CCN3CCCC3C2)n1. The van der Waals surface area contributed by atoms with Crippen LogP contribution in [0, 0.1) is 6.92 Å². The van der Waals surface area contributed by atoms with Crippen molar-refractivity contribution in [2.24, 2.45) is 0 Å². The van der Waals surface area contributed by atoms with Crippen molar-refractivity contribution in [3.63, 3.8) is 0 Å². The lowest BCUT2D eigenvalue weighted by Crippen LogP contribution is -2.43. The second-order valence-corrected chi connectivity index (χ2v) is 6.54. The van der Waals surface area contributed by atoms with Gasteiger partial charge >= 0.3 is 0 Å². The van der Waals surface area contributed by atoms with Crippen molar-refractivity contribution in [1.82, 2.24) is 14.9 Å². The van der Waals surface area contributed by atoms with E-state index in [1.54, 1.807) is 0 Å². The van der Waals surface area contributed by atoms with E-state index in [2.05, 4.69) is 20.2 Å². The number of anilines is 1. The summed E-state index contributed by atoms with van der Waals surface area (Å²) in [5.41, 5.74) is 0.946. The summed E-state index contributed by atoms with van der Waals surface area (Å²) in [4.78, 5) is 11.6. The van der Waals surface area contributed by atoms with Gasteiger partial charge in [-0.2, -0.15) is 4.98 Å². The normalized spacial score (nSPS) is 25.9. The number of hydrogen-bond acceptors (Lipinski definition) is 5. The highest BCUT2D eigenvalue weighted by atomic mass is 16.5. The third kappa shape index (κ3) is 3.64. The van der Waals surface area contributed by atoms with Crippen molar-refractivity contribution in [2.75, 3.05) is 18.4 Å². The highest BCUT2D eigenvalue weighted by molar-refractivity contribution is 5.32. The Labute approximate surface area is 127 Å². The molecule has 3 rings (SSSR count). The molecule has 1 aromatic heterocycles. The van der Waals surface area contributed by atoms with E-state index in [9.17, 15) is 0 Å². The highest BCUT2D eigenvalue weighted by Gasteiger charge is 2.31. The molecule has 116 valence electrons. The molecule has 2 fully saturated rings. The summed E-state index contributed by atoms with van der Waals surface area (Å²) >= 11 is 0. The minimum absolute atomic E-state index is 0.133. The maximum Gasteiger partial charge on any atom is 0.226 e. The van der Waals surface area contributed by atoms with E-state index in [1.807, 2.05) is 26.8 Å². The van der Waals surface area contributed by atoms with Gasteiger partial charge in [-0.15, -0.1) is 0 Å². The van der Waals surface area contributed by atoms with Crippen LogP contribution in [0.1, 0.15) is 45.2 Å². The van der Waals surface area contributed by atoms with Gasteiger partial charge in [0.2, 0.25) is 11.8 Å². The molecule has 0 spiro atoms. The third-order valence-corrected chi connectivity index (χ3v) is 4.34. The molecular formula is C16H26N4O. The van der Waals surface area contributed by atoms with Crippen LogP contribution in [0.15, 0.2) is 6.07 Å². The van der Waals surface area contributed by atoms with Crippen LogP contribution in [0.3, 0.4) is 0 Å². The van der Waals surface area contributed by atoms with Crippen molar-refractivity contribution >= 4 is 5.95 Å².